The van der Waals surface area contributed by atoms with Gasteiger partial charge in [-0.3, -0.25) is 19.9 Å². The third-order valence-electron chi connectivity index (χ3n) is 4.79. The van der Waals surface area contributed by atoms with Gasteiger partial charge in [0.15, 0.2) is 0 Å². The van der Waals surface area contributed by atoms with Gasteiger partial charge in [0.25, 0.3) is 5.91 Å². The van der Waals surface area contributed by atoms with Gasteiger partial charge in [-0.25, -0.2) is 0 Å². The quantitative estimate of drug-likeness (QED) is 0.478. The minimum Gasteiger partial charge on any atom is -0.497 e. The summed E-state index contributed by atoms with van der Waals surface area (Å²) in [7, 11) is 4.96. The average Bonchev–Trinajstić information content (AvgIpc) is 3.40. The van der Waals surface area contributed by atoms with E-state index in [-0.39, 0.29) is 11.9 Å². The molecule has 0 saturated heterocycles. The van der Waals surface area contributed by atoms with E-state index in [1.807, 2.05) is 48.5 Å². The summed E-state index contributed by atoms with van der Waals surface area (Å²) in [6.45, 7) is 0. The predicted molar refractivity (Wildman–Crippen MR) is 115 cm³/mol. The molecule has 158 valence electrons. The summed E-state index contributed by atoms with van der Waals surface area (Å²) in [6, 6.07) is 16.9. The van der Waals surface area contributed by atoms with Crippen molar-refractivity contribution in [3.8, 4) is 22.8 Å². The average molecular weight is 418 g/mol. The molecule has 0 radical (unpaired) electrons. The topological polar surface area (TPSA) is 107 Å². The molecule has 0 aliphatic rings. The molecule has 2 heterocycles. The Balaban J connectivity index is 1.44. The Bertz CT molecular complexity index is 1180. The maximum absolute atomic E-state index is 12.7. The van der Waals surface area contributed by atoms with E-state index in [1.54, 1.807) is 27.3 Å². The summed E-state index contributed by atoms with van der Waals surface area (Å²) >= 11 is 0. The number of methoxy groups -OCH3 is 2. The number of rotatable bonds is 7. The SMILES string of the molecule is COc1ccc(Cc2nc(NC(=O)c3cc(-c4ccc(OC)cc4)nn3C)n[nH]2)cc1. The number of aromatic amines is 1. The van der Waals surface area contributed by atoms with Crippen molar-refractivity contribution in [2.75, 3.05) is 19.5 Å². The molecule has 0 unspecified atom stereocenters. The Kier molecular flexibility index (Phi) is 5.65. The number of aryl methyl sites for hydroxylation is 1. The minimum atomic E-state index is -0.343. The monoisotopic (exact) mass is 418 g/mol. The van der Waals surface area contributed by atoms with Crippen LogP contribution in [0.3, 0.4) is 0 Å². The summed E-state index contributed by atoms with van der Waals surface area (Å²) in [5.41, 5.74) is 3.01. The van der Waals surface area contributed by atoms with Crippen LogP contribution in [0.25, 0.3) is 11.3 Å². The van der Waals surface area contributed by atoms with E-state index in [4.69, 9.17) is 9.47 Å². The molecule has 0 saturated carbocycles. The van der Waals surface area contributed by atoms with Crippen molar-refractivity contribution >= 4 is 11.9 Å². The van der Waals surface area contributed by atoms with Gasteiger partial charge >= 0.3 is 0 Å². The summed E-state index contributed by atoms with van der Waals surface area (Å²) in [6.07, 6.45) is 0.556. The lowest BCUT2D eigenvalue weighted by Gasteiger charge is -2.01. The van der Waals surface area contributed by atoms with Crippen molar-refractivity contribution in [2.45, 2.75) is 6.42 Å². The Morgan fingerprint density at radius 1 is 1.03 bits per heavy atom. The van der Waals surface area contributed by atoms with E-state index in [0.29, 0.717) is 23.6 Å². The number of nitrogens with zero attached hydrogens (tertiary/aromatic N) is 4. The Morgan fingerprint density at radius 3 is 2.32 bits per heavy atom. The van der Waals surface area contributed by atoms with Crippen LogP contribution in [0, 0.1) is 0 Å². The van der Waals surface area contributed by atoms with Crippen molar-refractivity contribution < 1.29 is 14.3 Å². The first-order valence-electron chi connectivity index (χ1n) is 9.59. The van der Waals surface area contributed by atoms with Crippen LogP contribution in [0.15, 0.2) is 54.6 Å². The largest absolute Gasteiger partial charge is 0.497 e. The number of hydrogen-bond acceptors (Lipinski definition) is 6. The zero-order valence-corrected chi connectivity index (χ0v) is 17.4. The van der Waals surface area contributed by atoms with E-state index in [2.05, 4.69) is 25.6 Å². The second kappa shape index (κ2) is 8.70. The van der Waals surface area contributed by atoms with Crippen LogP contribution in [0.1, 0.15) is 21.9 Å². The van der Waals surface area contributed by atoms with Crippen LogP contribution in [-0.2, 0) is 13.5 Å². The normalized spacial score (nSPS) is 10.7. The number of amides is 1. The first-order chi connectivity index (χ1) is 15.1. The summed E-state index contributed by atoms with van der Waals surface area (Å²) in [5, 5.41) is 14.1. The van der Waals surface area contributed by atoms with Gasteiger partial charge in [0.1, 0.15) is 23.0 Å². The zero-order chi connectivity index (χ0) is 21.8. The standard InChI is InChI=1S/C22H22N6O3/c1-28-19(13-18(27-28)15-6-10-17(31-3)11-7-15)21(29)24-22-23-20(25-26-22)12-14-4-8-16(30-2)9-5-14/h4-11,13H,12H2,1-3H3,(H2,23,24,25,26,29). The third kappa shape index (κ3) is 4.55. The highest BCUT2D eigenvalue weighted by Gasteiger charge is 2.16. The fourth-order valence-electron chi connectivity index (χ4n) is 3.12. The highest BCUT2D eigenvalue weighted by atomic mass is 16.5. The summed E-state index contributed by atoms with van der Waals surface area (Å²) < 4.78 is 11.9. The molecule has 0 spiro atoms. The molecule has 2 aromatic carbocycles. The first-order valence-corrected chi connectivity index (χ1v) is 9.59. The lowest BCUT2D eigenvalue weighted by molar-refractivity contribution is 0.101. The van der Waals surface area contributed by atoms with Crippen molar-refractivity contribution in [3.05, 3.63) is 71.7 Å². The molecule has 0 aliphatic heterocycles. The van der Waals surface area contributed by atoms with Gasteiger partial charge in [-0.2, -0.15) is 10.1 Å². The van der Waals surface area contributed by atoms with Crippen LogP contribution < -0.4 is 14.8 Å². The molecule has 4 aromatic rings. The van der Waals surface area contributed by atoms with Gasteiger partial charge in [0.2, 0.25) is 5.95 Å². The second-order valence-corrected chi connectivity index (χ2v) is 6.85. The molecule has 0 bridgehead atoms. The molecule has 4 rings (SSSR count). The van der Waals surface area contributed by atoms with Gasteiger partial charge in [-0.05, 0) is 48.0 Å². The van der Waals surface area contributed by atoms with Crippen molar-refractivity contribution in [2.24, 2.45) is 7.05 Å². The highest BCUT2D eigenvalue weighted by molar-refractivity contribution is 6.02. The molecule has 2 aromatic heterocycles. The Labute approximate surface area is 179 Å². The molecule has 0 fully saturated rings. The molecule has 2 N–H and O–H groups in total. The second-order valence-electron chi connectivity index (χ2n) is 6.85. The maximum atomic E-state index is 12.7. The van der Waals surface area contributed by atoms with Crippen LogP contribution in [-0.4, -0.2) is 45.1 Å². The van der Waals surface area contributed by atoms with Crippen LogP contribution in [0.2, 0.25) is 0 Å². The van der Waals surface area contributed by atoms with E-state index in [0.717, 1.165) is 22.6 Å². The van der Waals surface area contributed by atoms with Crippen molar-refractivity contribution in [1.29, 1.82) is 0 Å². The molecule has 31 heavy (non-hydrogen) atoms. The number of carbonyl (C=O) groups is 1. The molecule has 9 nitrogen and oxygen atoms in total. The van der Waals surface area contributed by atoms with Gasteiger partial charge in [0.05, 0.1) is 19.9 Å². The number of anilines is 1. The number of aromatic nitrogens is 5. The van der Waals surface area contributed by atoms with E-state index >= 15 is 0 Å². The molecule has 9 heteroatoms. The lowest BCUT2D eigenvalue weighted by Crippen LogP contribution is -2.16. The zero-order valence-electron chi connectivity index (χ0n) is 17.4. The van der Waals surface area contributed by atoms with Crippen LogP contribution in [0.5, 0.6) is 11.5 Å². The predicted octanol–water partition coefficient (Wildman–Crippen LogP) is 3.07. The number of carbonyl (C=O) groups excluding carboxylic acids is 1. The van der Waals surface area contributed by atoms with Gasteiger partial charge < -0.3 is 9.47 Å². The number of ether oxygens (including phenoxy) is 2. The van der Waals surface area contributed by atoms with Gasteiger partial charge in [-0.15, -0.1) is 5.10 Å². The first kappa shape index (κ1) is 20.1. The fourth-order valence-corrected chi connectivity index (χ4v) is 3.12. The number of benzene rings is 2. The Hall–Kier alpha value is -4.14. The van der Waals surface area contributed by atoms with E-state index in [9.17, 15) is 4.79 Å². The van der Waals surface area contributed by atoms with Crippen molar-refractivity contribution in [1.82, 2.24) is 25.0 Å². The van der Waals surface area contributed by atoms with Crippen LogP contribution >= 0.6 is 0 Å². The minimum absolute atomic E-state index is 0.209. The third-order valence-corrected chi connectivity index (χ3v) is 4.79. The lowest BCUT2D eigenvalue weighted by atomic mass is 10.1. The number of hydrogen-bond donors (Lipinski definition) is 2. The molecule has 1 amide bonds. The maximum Gasteiger partial charge on any atom is 0.276 e. The molecular formula is C22H22N6O3. The molecule has 0 atom stereocenters. The van der Waals surface area contributed by atoms with Gasteiger partial charge in [0, 0.05) is 19.0 Å². The molecule has 0 aliphatic carbocycles. The molecular weight excluding hydrogens is 396 g/mol. The fraction of sp³-hybridized carbons (Fsp3) is 0.182. The van der Waals surface area contributed by atoms with Crippen molar-refractivity contribution in [3.63, 3.8) is 0 Å². The summed E-state index contributed by atoms with van der Waals surface area (Å²) in [4.78, 5) is 17.1. The highest BCUT2D eigenvalue weighted by Crippen LogP contribution is 2.22. The van der Waals surface area contributed by atoms with E-state index < -0.39 is 0 Å². The van der Waals surface area contributed by atoms with E-state index in [1.165, 1.54) is 4.68 Å². The number of nitrogens with one attached hydrogen (secondary N) is 2. The number of H-pyrrole nitrogens is 1. The smallest absolute Gasteiger partial charge is 0.276 e. The van der Waals surface area contributed by atoms with Gasteiger partial charge in [-0.1, -0.05) is 12.1 Å². The summed E-state index contributed by atoms with van der Waals surface area (Å²) in [5.74, 6) is 2.06. The Morgan fingerprint density at radius 2 is 1.68 bits per heavy atom. The van der Waals surface area contributed by atoms with Crippen LogP contribution in [0.4, 0.5) is 5.95 Å².